The van der Waals surface area contributed by atoms with Crippen molar-refractivity contribution < 1.29 is 4.79 Å². The number of aromatic amines is 1. The van der Waals surface area contributed by atoms with Gasteiger partial charge < -0.3 is 9.88 Å². The van der Waals surface area contributed by atoms with Gasteiger partial charge in [-0.3, -0.25) is 14.6 Å². The highest BCUT2D eigenvalue weighted by Crippen LogP contribution is 2.32. The predicted octanol–water partition coefficient (Wildman–Crippen LogP) is 2.31. The van der Waals surface area contributed by atoms with Gasteiger partial charge in [-0.2, -0.15) is 0 Å². The summed E-state index contributed by atoms with van der Waals surface area (Å²) in [6.07, 6.45) is 2.64. The van der Waals surface area contributed by atoms with Gasteiger partial charge in [-0.25, -0.2) is 4.98 Å². The number of hydrogen-bond donors (Lipinski definition) is 1. The number of rotatable bonds is 2. The highest BCUT2D eigenvalue weighted by molar-refractivity contribution is 5.79. The van der Waals surface area contributed by atoms with Crippen LogP contribution in [0.5, 0.6) is 0 Å². The van der Waals surface area contributed by atoms with E-state index in [-0.39, 0.29) is 11.4 Å². The summed E-state index contributed by atoms with van der Waals surface area (Å²) in [4.78, 5) is 27.4. The summed E-state index contributed by atoms with van der Waals surface area (Å²) in [6.45, 7) is 9.05. The fourth-order valence-corrected chi connectivity index (χ4v) is 4.63. The molecule has 2 aromatic rings. The Kier molecular flexibility index (Phi) is 4.72. The Balaban J connectivity index is 1.53. The number of aryl methyl sites for hydroxylation is 2. The number of aromatic nitrogens is 2. The van der Waals surface area contributed by atoms with E-state index < -0.39 is 0 Å². The van der Waals surface area contributed by atoms with E-state index in [1.165, 1.54) is 11.1 Å². The van der Waals surface area contributed by atoms with Gasteiger partial charge in [0.15, 0.2) is 0 Å². The number of likely N-dealkylation sites (N-methyl/N-ethyl adjacent to an activating group) is 1. The fourth-order valence-electron chi connectivity index (χ4n) is 4.63. The van der Waals surface area contributed by atoms with Crippen LogP contribution < -0.4 is 0 Å². The molecule has 4 rings (SSSR count). The molecule has 1 N–H and O–H groups in total. The highest BCUT2D eigenvalue weighted by atomic mass is 16.2. The first-order valence-electron chi connectivity index (χ1n) is 10.0. The minimum atomic E-state index is 0.0944. The molecule has 0 saturated carbocycles. The van der Waals surface area contributed by atoms with Crippen LogP contribution in [0.2, 0.25) is 0 Å². The van der Waals surface area contributed by atoms with E-state index in [1.807, 2.05) is 11.9 Å². The number of benzene rings is 1. The number of H-pyrrole nitrogens is 1. The Morgan fingerprint density at radius 1 is 1.15 bits per heavy atom. The summed E-state index contributed by atoms with van der Waals surface area (Å²) in [5.74, 6) is 1.32. The number of piperazine rings is 1. The number of hydrogen-bond acceptors (Lipinski definition) is 4. The highest BCUT2D eigenvalue weighted by Gasteiger charge is 2.41. The van der Waals surface area contributed by atoms with Gasteiger partial charge in [0.2, 0.25) is 5.91 Å². The maximum atomic E-state index is 12.2. The lowest BCUT2D eigenvalue weighted by Crippen LogP contribution is -2.60. The Hall–Kier alpha value is -1.92. The molecule has 1 amide bonds. The minimum Gasteiger partial charge on any atom is -0.346 e. The zero-order chi connectivity index (χ0) is 19.2. The van der Waals surface area contributed by atoms with E-state index in [4.69, 9.17) is 4.98 Å². The molecule has 0 aliphatic carbocycles. The van der Waals surface area contributed by atoms with Crippen molar-refractivity contribution in [2.45, 2.75) is 45.2 Å². The standard InChI is InChI=1S/C21H31N5O/c1-15-5-6-17-20(16(15)2)23-18(22-17)13-26-12-11-25(4)21(14-26)8-7-19(27)24(3)10-9-21/h5-6H,7-14H2,1-4H3,(H,22,23)/t21-/m1/s1. The molecule has 3 heterocycles. The number of imidazole rings is 1. The van der Waals surface area contributed by atoms with Crippen molar-refractivity contribution in [2.24, 2.45) is 0 Å². The van der Waals surface area contributed by atoms with Gasteiger partial charge >= 0.3 is 0 Å². The second-order valence-corrected chi connectivity index (χ2v) is 8.51. The normalized spacial score (nSPS) is 25.5. The lowest BCUT2D eigenvalue weighted by Gasteiger charge is -2.49. The first-order chi connectivity index (χ1) is 12.9. The predicted molar refractivity (Wildman–Crippen MR) is 108 cm³/mol. The molecular formula is C21H31N5O. The molecule has 1 aromatic carbocycles. The monoisotopic (exact) mass is 369 g/mol. The lowest BCUT2D eigenvalue weighted by atomic mass is 9.86. The maximum Gasteiger partial charge on any atom is 0.222 e. The fraction of sp³-hybridized carbons (Fsp3) is 0.619. The smallest absolute Gasteiger partial charge is 0.222 e. The van der Waals surface area contributed by atoms with Crippen molar-refractivity contribution in [1.82, 2.24) is 24.7 Å². The molecule has 1 atom stereocenters. The van der Waals surface area contributed by atoms with E-state index in [2.05, 4.69) is 47.8 Å². The first kappa shape index (κ1) is 18.4. The topological polar surface area (TPSA) is 55.5 Å². The summed E-state index contributed by atoms with van der Waals surface area (Å²) in [6, 6.07) is 4.29. The van der Waals surface area contributed by atoms with Crippen molar-refractivity contribution in [3.8, 4) is 0 Å². The molecule has 2 aliphatic heterocycles. The van der Waals surface area contributed by atoms with Crippen molar-refractivity contribution >= 4 is 16.9 Å². The van der Waals surface area contributed by atoms with Crippen LogP contribution in [-0.2, 0) is 11.3 Å². The molecule has 6 heteroatoms. The van der Waals surface area contributed by atoms with Crippen molar-refractivity contribution in [3.05, 3.63) is 29.1 Å². The molecule has 27 heavy (non-hydrogen) atoms. The molecule has 1 aromatic heterocycles. The number of amides is 1. The molecule has 146 valence electrons. The molecule has 2 fully saturated rings. The van der Waals surface area contributed by atoms with E-state index in [1.54, 1.807) is 0 Å². The molecule has 2 saturated heterocycles. The summed E-state index contributed by atoms with van der Waals surface area (Å²) in [7, 11) is 4.15. The molecule has 0 bridgehead atoms. The van der Waals surface area contributed by atoms with Crippen LogP contribution in [0.25, 0.3) is 11.0 Å². The van der Waals surface area contributed by atoms with E-state index in [0.29, 0.717) is 6.42 Å². The quantitative estimate of drug-likeness (QED) is 0.883. The summed E-state index contributed by atoms with van der Waals surface area (Å²) >= 11 is 0. The van der Waals surface area contributed by atoms with E-state index in [9.17, 15) is 4.79 Å². The number of carbonyl (C=O) groups is 1. The van der Waals surface area contributed by atoms with Crippen molar-refractivity contribution in [1.29, 1.82) is 0 Å². The zero-order valence-electron chi connectivity index (χ0n) is 17.0. The Bertz CT molecular complexity index is 860. The van der Waals surface area contributed by atoms with Crippen molar-refractivity contribution in [2.75, 3.05) is 40.3 Å². The van der Waals surface area contributed by atoms with Gasteiger partial charge in [0.1, 0.15) is 5.82 Å². The largest absolute Gasteiger partial charge is 0.346 e. The van der Waals surface area contributed by atoms with Crippen LogP contribution in [0, 0.1) is 13.8 Å². The van der Waals surface area contributed by atoms with E-state index in [0.717, 1.165) is 62.4 Å². The molecule has 6 nitrogen and oxygen atoms in total. The molecule has 0 unspecified atom stereocenters. The molecular weight excluding hydrogens is 338 g/mol. The molecule has 2 aliphatic rings. The second kappa shape index (κ2) is 6.91. The van der Waals surface area contributed by atoms with Crippen molar-refractivity contribution in [3.63, 3.8) is 0 Å². The van der Waals surface area contributed by atoms with Gasteiger partial charge in [-0.1, -0.05) is 6.07 Å². The molecule has 0 radical (unpaired) electrons. The van der Waals surface area contributed by atoms with Gasteiger partial charge in [-0.15, -0.1) is 0 Å². The third-order valence-electron chi connectivity index (χ3n) is 6.82. The van der Waals surface area contributed by atoms with Crippen LogP contribution in [0.1, 0.15) is 36.2 Å². The number of fused-ring (bicyclic) bond motifs is 1. The Morgan fingerprint density at radius 3 is 2.78 bits per heavy atom. The van der Waals surface area contributed by atoms with E-state index >= 15 is 0 Å². The summed E-state index contributed by atoms with van der Waals surface area (Å²) in [5, 5.41) is 0. The summed E-state index contributed by atoms with van der Waals surface area (Å²) in [5.41, 5.74) is 4.85. The Morgan fingerprint density at radius 2 is 1.96 bits per heavy atom. The van der Waals surface area contributed by atoms with Gasteiger partial charge in [0.05, 0.1) is 17.6 Å². The van der Waals surface area contributed by atoms with Gasteiger partial charge in [-0.05, 0) is 50.9 Å². The minimum absolute atomic E-state index is 0.0944. The van der Waals surface area contributed by atoms with Crippen LogP contribution in [-0.4, -0.2) is 76.4 Å². The third-order valence-corrected chi connectivity index (χ3v) is 6.82. The second-order valence-electron chi connectivity index (χ2n) is 8.51. The lowest BCUT2D eigenvalue weighted by molar-refractivity contribution is -0.129. The van der Waals surface area contributed by atoms with Crippen LogP contribution in [0.3, 0.4) is 0 Å². The maximum absolute atomic E-state index is 12.2. The SMILES string of the molecule is Cc1ccc2[nH]c(CN3CCN(C)[C@@]4(CCC(=O)N(C)CC4)C3)nc2c1C. The average molecular weight is 370 g/mol. The first-order valence-corrected chi connectivity index (χ1v) is 10.0. The van der Waals surface area contributed by atoms with Gasteiger partial charge in [0, 0.05) is 45.2 Å². The molecule has 1 spiro atoms. The Labute approximate surface area is 161 Å². The number of carbonyl (C=O) groups excluding carboxylic acids is 1. The number of nitrogens with one attached hydrogen (secondary N) is 1. The van der Waals surface area contributed by atoms with Crippen LogP contribution in [0.4, 0.5) is 0 Å². The number of likely N-dealkylation sites (tertiary alicyclic amines) is 1. The number of nitrogens with zero attached hydrogens (tertiary/aromatic N) is 4. The third kappa shape index (κ3) is 3.36. The zero-order valence-corrected chi connectivity index (χ0v) is 17.0. The van der Waals surface area contributed by atoms with Crippen LogP contribution >= 0.6 is 0 Å². The average Bonchev–Trinajstić information content (AvgIpc) is 3.00. The summed E-state index contributed by atoms with van der Waals surface area (Å²) < 4.78 is 0. The van der Waals surface area contributed by atoms with Crippen LogP contribution in [0.15, 0.2) is 12.1 Å². The van der Waals surface area contributed by atoms with Gasteiger partial charge in [0.25, 0.3) is 0 Å².